The summed E-state index contributed by atoms with van der Waals surface area (Å²) >= 11 is 0. The second kappa shape index (κ2) is 5.39. The molecule has 2 rings (SSSR count). The van der Waals surface area contributed by atoms with E-state index in [9.17, 15) is 4.39 Å². The monoisotopic (exact) mass is 227 g/mol. The maximum Gasteiger partial charge on any atom is 0.123 e. The third kappa shape index (κ3) is 2.78. The molecule has 0 aliphatic carbocycles. The number of hydrogen-bond donors (Lipinski definition) is 0. The largest absolute Gasteiger partial charge is 0.261 e. The Morgan fingerprint density at radius 3 is 2.47 bits per heavy atom. The van der Waals surface area contributed by atoms with Gasteiger partial charge >= 0.3 is 0 Å². The predicted octanol–water partition coefficient (Wildman–Crippen LogP) is 4.61. The standard InChI is InChI=1S/C15H14FN/c1-2-11-17-15-6-4-3-5-14(15)12-7-9-13(16)10-8-12/h3-11H,2H2,1H3/b17-11+. The van der Waals surface area contributed by atoms with Crippen LogP contribution in [0.15, 0.2) is 53.5 Å². The molecule has 0 heterocycles. The van der Waals surface area contributed by atoms with Gasteiger partial charge in [-0.15, -0.1) is 0 Å². The van der Waals surface area contributed by atoms with E-state index in [1.807, 2.05) is 37.4 Å². The summed E-state index contributed by atoms with van der Waals surface area (Å²) in [5.74, 6) is -0.219. The normalized spacial score (nSPS) is 10.9. The van der Waals surface area contributed by atoms with E-state index in [-0.39, 0.29) is 5.82 Å². The molecule has 0 spiro atoms. The molecular formula is C15H14FN. The van der Waals surface area contributed by atoms with Crippen LogP contribution in [0.5, 0.6) is 0 Å². The van der Waals surface area contributed by atoms with E-state index in [1.54, 1.807) is 12.1 Å². The first kappa shape index (κ1) is 11.5. The molecule has 2 aromatic rings. The quantitative estimate of drug-likeness (QED) is 0.679. The van der Waals surface area contributed by atoms with Gasteiger partial charge in [0.05, 0.1) is 5.69 Å². The highest BCUT2D eigenvalue weighted by atomic mass is 19.1. The maximum absolute atomic E-state index is 12.9. The third-order valence-corrected chi connectivity index (χ3v) is 2.47. The minimum absolute atomic E-state index is 0.219. The molecule has 0 aromatic heterocycles. The molecule has 0 aliphatic heterocycles. The Bertz CT molecular complexity index is 515. The molecule has 0 aliphatic rings. The zero-order chi connectivity index (χ0) is 12.1. The van der Waals surface area contributed by atoms with Crippen LogP contribution in [0.3, 0.4) is 0 Å². The summed E-state index contributed by atoms with van der Waals surface area (Å²) in [6.07, 6.45) is 2.78. The summed E-state index contributed by atoms with van der Waals surface area (Å²) < 4.78 is 12.9. The third-order valence-electron chi connectivity index (χ3n) is 2.47. The maximum atomic E-state index is 12.9. The van der Waals surface area contributed by atoms with Crippen LogP contribution in [0.25, 0.3) is 11.1 Å². The Morgan fingerprint density at radius 1 is 1.06 bits per heavy atom. The Labute approximate surface area is 101 Å². The highest BCUT2D eigenvalue weighted by Gasteiger charge is 2.02. The van der Waals surface area contributed by atoms with E-state index < -0.39 is 0 Å². The number of benzene rings is 2. The van der Waals surface area contributed by atoms with Gasteiger partial charge in [-0.3, -0.25) is 4.99 Å². The molecule has 0 unspecified atom stereocenters. The van der Waals surface area contributed by atoms with Crippen molar-refractivity contribution >= 4 is 11.9 Å². The molecule has 0 N–H and O–H groups in total. The van der Waals surface area contributed by atoms with Crippen LogP contribution >= 0.6 is 0 Å². The first-order valence-corrected chi connectivity index (χ1v) is 5.68. The Kier molecular flexibility index (Phi) is 3.66. The highest BCUT2D eigenvalue weighted by molar-refractivity contribution is 5.78. The van der Waals surface area contributed by atoms with Crippen LogP contribution in [0, 0.1) is 5.82 Å². The van der Waals surface area contributed by atoms with Gasteiger partial charge in [-0.05, 0) is 30.2 Å². The minimum Gasteiger partial charge on any atom is -0.261 e. The first-order valence-electron chi connectivity index (χ1n) is 5.68. The fraction of sp³-hybridized carbons (Fsp3) is 0.133. The van der Waals surface area contributed by atoms with Crippen molar-refractivity contribution in [3.05, 3.63) is 54.3 Å². The van der Waals surface area contributed by atoms with Crippen LogP contribution in [0.4, 0.5) is 10.1 Å². The van der Waals surface area contributed by atoms with Crippen molar-refractivity contribution in [1.29, 1.82) is 0 Å². The van der Waals surface area contributed by atoms with Gasteiger partial charge in [0.1, 0.15) is 5.82 Å². The van der Waals surface area contributed by atoms with Gasteiger partial charge < -0.3 is 0 Å². The van der Waals surface area contributed by atoms with E-state index in [1.165, 1.54) is 12.1 Å². The summed E-state index contributed by atoms with van der Waals surface area (Å²) in [7, 11) is 0. The van der Waals surface area contributed by atoms with Crippen molar-refractivity contribution in [2.45, 2.75) is 13.3 Å². The van der Waals surface area contributed by atoms with Crippen molar-refractivity contribution in [1.82, 2.24) is 0 Å². The van der Waals surface area contributed by atoms with E-state index in [4.69, 9.17) is 0 Å². The van der Waals surface area contributed by atoms with Gasteiger partial charge in [0.15, 0.2) is 0 Å². The molecule has 0 bridgehead atoms. The summed E-state index contributed by atoms with van der Waals surface area (Å²) in [5, 5.41) is 0. The molecule has 2 aromatic carbocycles. The van der Waals surface area contributed by atoms with Crippen molar-refractivity contribution in [2.75, 3.05) is 0 Å². The second-order valence-electron chi connectivity index (χ2n) is 3.74. The van der Waals surface area contributed by atoms with E-state index in [0.717, 1.165) is 23.2 Å². The Morgan fingerprint density at radius 2 is 1.76 bits per heavy atom. The summed E-state index contributed by atoms with van der Waals surface area (Å²) in [5.41, 5.74) is 2.92. The molecule has 0 fully saturated rings. The number of aliphatic imine (C=N–C) groups is 1. The van der Waals surface area contributed by atoms with E-state index >= 15 is 0 Å². The zero-order valence-corrected chi connectivity index (χ0v) is 9.73. The van der Waals surface area contributed by atoms with Crippen LogP contribution in [0.2, 0.25) is 0 Å². The summed E-state index contributed by atoms with van der Waals surface area (Å²) in [6.45, 7) is 2.05. The molecule has 0 saturated heterocycles. The summed E-state index contributed by atoms with van der Waals surface area (Å²) in [4.78, 5) is 4.40. The topological polar surface area (TPSA) is 12.4 Å². The van der Waals surface area contributed by atoms with Gasteiger partial charge in [0.2, 0.25) is 0 Å². The predicted molar refractivity (Wildman–Crippen MR) is 70.3 cm³/mol. The number of halogens is 1. The number of rotatable bonds is 3. The number of hydrogen-bond acceptors (Lipinski definition) is 1. The Hall–Kier alpha value is -1.96. The molecule has 0 radical (unpaired) electrons. The lowest BCUT2D eigenvalue weighted by molar-refractivity contribution is 0.628. The molecule has 0 amide bonds. The average molecular weight is 227 g/mol. The molecular weight excluding hydrogens is 213 g/mol. The lowest BCUT2D eigenvalue weighted by atomic mass is 10.0. The molecule has 17 heavy (non-hydrogen) atoms. The lowest BCUT2D eigenvalue weighted by Crippen LogP contribution is -1.80. The molecule has 1 nitrogen and oxygen atoms in total. The molecule has 0 saturated carbocycles. The van der Waals surface area contributed by atoms with Crippen LogP contribution in [-0.2, 0) is 0 Å². The minimum atomic E-state index is -0.219. The fourth-order valence-corrected chi connectivity index (χ4v) is 1.65. The number of para-hydroxylation sites is 1. The van der Waals surface area contributed by atoms with Crippen LogP contribution in [-0.4, -0.2) is 6.21 Å². The average Bonchev–Trinajstić information content (AvgIpc) is 2.38. The SMILES string of the molecule is CC/C=N/c1ccccc1-c1ccc(F)cc1. The Balaban J connectivity index is 2.44. The fourth-order valence-electron chi connectivity index (χ4n) is 1.65. The van der Waals surface area contributed by atoms with Crippen LogP contribution in [0.1, 0.15) is 13.3 Å². The van der Waals surface area contributed by atoms with Crippen LogP contribution < -0.4 is 0 Å². The zero-order valence-electron chi connectivity index (χ0n) is 9.73. The highest BCUT2D eigenvalue weighted by Crippen LogP contribution is 2.29. The van der Waals surface area contributed by atoms with Gasteiger partial charge in [-0.25, -0.2) is 4.39 Å². The summed E-state index contributed by atoms with van der Waals surface area (Å²) in [6, 6.07) is 14.4. The molecule has 0 atom stereocenters. The van der Waals surface area contributed by atoms with Crippen molar-refractivity contribution in [2.24, 2.45) is 4.99 Å². The van der Waals surface area contributed by atoms with Crippen molar-refractivity contribution in [3.63, 3.8) is 0 Å². The van der Waals surface area contributed by atoms with Gasteiger partial charge in [0.25, 0.3) is 0 Å². The molecule has 86 valence electrons. The lowest BCUT2D eigenvalue weighted by Gasteiger charge is -2.05. The second-order valence-corrected chi connectivity index (χ2v) is 3.74. The van der Waals surface area contributed by atoms with E-state index in [2.05, 4.69) is 4.99 Å². The smallest absolute Gasteiger partial charge is 0.123 e. The van der Waals surface area contributed by atoms with Gasteiger partial charge in [-0.1, -0.05) is 37.3 Å². The van der Waals surface area contributed by atoms with Crippen molar-refractivity contribution in [3.8, 4) is 11.1 Å². The number of nitrogens with zero attached hydrogens (tertiary/aromatic N) is 1. The van der Waals surface area contributed by atoms with Gasteiger partial charge in [0, 0.05) is 11.8 Å². The van der Waals surface area contributed by atoms with E-state index in [0.29, 0.717) is 0 Å². The van der Waals surface area contributed by atoms with Gasteiger partial charge in [-0.2, -0.15) is 0 Å². The molecule has 2 heteroatoms. The first-order chi connectivity index (χ1) is 8.31. The van der Waals surface area contributed by atoms with Crippen molar-refractivity contribution < 1.29 is 4.39 Å².